The number of halogens is 3. The SMILES string of the molecule is Cn1ccnc1C(O)(CC(=O)NCC1(c2ccccc2)CCCC1)C(F)(F)F. The number of aromatic nitrogens is 2. The molecule has 5 nitrogen and oxygen atoms in total. The highest BCUT2D eigenvalue weighted by molar-refractivity contribution is 5.77. The van der Waals surface area contributed by atoms with Gasteiger partial charge in [0.2, 0.25) is 11.5 Å². The monoisotopic (exact) mass is 395 g/mol. The number of nitrogens with one attached hydrogen (secondary N) is 1. The maximum Gasteiger partial charge on any atom is 0.425 e. The molecule has 152 valence electrons. The average molecular weight is 395 g/mol. The Hall–Kier alpha value is -2.35. The molecule has 1 aliphatic carbocycles. The minimum atomic E-state index is -5.03. The lowest BCUT2D eigenvalue weighted by atomic mass is 9.78. The van der Waals surface area contributed by atoms with Gasteiger partial charge >= 0.3 is 6.18 Å². The fraction of sp³-hybridized carbons (Fsp3) is 0.500. The number of hydrogen-bond acceptors (Lipinski definition) is 3. The zero-order valence-electron chi connectivity index (χ0n) is 15.7. The van der Waals surface area contributed by atoms with E-state index in [4.69, 9.17) is 0 Å². The summed E-state index contributed by atoms with van der Waals surface area (Å²) in [5.74, 6) is -1.46. The number of nitrogens with zero attached hydrogens (tertiary/aromatic N) is 2. The van der Waals surface area contributed by atoms with Crippen LogP contribution in [0, 0.1) is 0 Å². The number of rotatable bonds is 6. The van der Waals surface area contributed by atoms with Crippen LogP contribution in [0.15, 0.2) is 42.7 Å². The van der Waals surface area contributed by atoms with E-state index in [-0.39, 0.29) is 12.0 Å². The lowest BCUT2D eigenvalue weighted by Gasteiger charge is -2.32. The van der Waals surface area contributed by atoms with E-state index in [0.29, 0.717) is 0 Å². The van der Waals surface area contributed by atoms with Crippen molar-refractivity contribution in [2.45, 2.75) is 49.3 Å². The maximum atomic E-state index is 13.6. The van der Waals surface area contributed by atoms with Gasteiger partial charge in [-0.1, -0.05) is 43.2 Å². The third kappa shape index (κ3) is 3.78. The van der Waals surface area contributed by atoms with Gasteiger partial charge in [-0.25, -0.2) is 4.98 Å². The molecule has 1 unspecified atom stereocenters. The van der Waals surface area contributed by atoms with Crippen molar-refractivity contribution < 1.29 is 23.1 Å². The van der Waals surface area contributed by atoms with E-state index in [1.807, 2.05) is 30.3 Å². The maximum absolute atomic E-state index is 13.6. The van der Waals surface area contributed by atoms with Crippen LogP contribution in [0.25, 0.3) is 0 Å². The van der Waals surface area contributed by atoms with Gasteiger partial charge in [0.25, 0.3) is 0 Å². The molecular weight excluding hydrogens is 371 g/mol. The van der Waals surface area contributed by atoms with Crippen LogP contribution in [0.4, 0.5) is 13.2 Å². The molecule has 8 heteroatoms. The first-order valence-electron chi connectivity index (χ1n) is 9.27. The highest BCUT2D eigenvalue weighted by atomic mass is 19.4. The van der Waals surface area contributed by atoms with Crippen LogP contribution in [0.2, 0.25) is 0 Å². The number of carbonyl (C=O) groups excluding carboxylic acids is 1. The van der Waals surface area contributed by atoms with Gasteiger partial charge in [-0.3, -0.25) is 4.79 Å². The molecule has 1 heterocycles. The molecule has 3 rings (SSSR count). The van der Waals surface area contributed by atoms with Crippen molar-refractivity contribution in [1.82, 2.24) is 14.9 Å². The normalized spacial score (nSPS) is 18.6. The fourth-order valence-corrected chi connectivity index (χ4v) is 4.04. The lowest BCUT2D eigenvalue weighted by molar-refractivity contribution is -0.271. The van der Waals surface area contributed by atoms with Gasteiger partial charge in [-0.05, 0) is 18.4 Å². The Kier molecular flexibility index (Phi) is 5.52. The van der Waals surface area contributed by atoms with Crippen molar-refractivity contribution in [1.29, 1.82) is 0 Å². The third-order valence-corrected chi connectivity index (χ3v) is 5.65. The van der Waals surface area contributed by atoms with Gasteiger partial charge in [-0.15, -0.1) is 0 Å². The van der Waals surface area contributed by atoms with Crippen LogP contribution in [0.5, 0.6) is 0 Å². The molecule has 2 N–H and O–H groups in total. The smallest absolute Gasteiger partial charge is 0.374 e. The molecule has 0 saturated heterocycles. The van der Waals surface area contributed by atoms with E-state index in [2.05, 4.69) is 10.3 Å². The highest BCUT2D eigenvalue weighted by Gasteiger charge is 2.58. The Bertz CT molecular complexity index is 814. The first kappa shape index (κ1) is 20.4. The summed E-state index contributed by atoms with van der Waals surface area (Å²) in [5.41, 5.74) is -2.55. The molecule has 0 radical (unpaired) electrons. The summed E-state index contributed by atoms with van der Waals surface area (Å²) in [4.78, 5) is 16.1. The van der Waals surface area contributed by atoms with Crippen LogP contribution in [-0.4, -0.2) is 33.3 Å². The summed E-state index contributed by atoms with van der Waals surface area (Å²) < 4.78 is 41.9. The van der Waals surface area contributed by atoms with Gasteiger partial charge in [0.05, 0.1) is 6.42 Å². The zero-order chi connectivity index (χ0) is 20.4. The van der Waals surface area contributed by atoms with E-state index in [9.17, 15) is 23.1 Å². The zero-order valence-corrected chi connectivity index (χ0v) is 15.7. The first-order valence-corrected chi connectivity index (χ1v) is 9.27. The minimum absolute atomic E-state index is 0.240. The molecule has 1 saturated carbocycles. The van der Waals surface area contributed by atoms with Crippen molar-refractivity contribution >= 4 is 5.91 Å². The predicted octanol–water partition coefficient (Wildman–Crippen LogP) is 3.19. The number of aliphatic hydroxyl groups is 1. The van der Waals surface area contributed by atoms with E-state index < -0.39 is 29.9 Å². The van der Waals surface area contributed by atoms with Crippen LogP contribution in [0.3, 0.4) is 0 Å². The van der Waals surface area contributed by atoms with Crippen molar-refractivity contribution in [2.75, 3.05) is 6.54 Å². The highest BCUT2D eigenvalue weighted by Crippen LogP contribution is 2.42. The third-order valence-electron chi connectivity index (χ3n) is 5.65. The molecule has 1 aliphatic rings. The lowest BCUT2D eigenvalue weighted by Crippen LogP contribution is -2.49. The Morgan fingerprint density at radius 1 is 1.25 bits per heavy atom. The number of hydrogen-bond donors (Lipinski definition) is 2. The van der Waals surface area contributed by atoms with E-state index in [1.165, 1.54) is 13.2 Å². The van der Waals surface area contributed by atoms with Gasteiger partial charge in [-0.2, -0.15) is 13.2 Å². The average Bonchev–Trinajstić information content (AvgIpc) is 3.30. The molecule has 0 spiro atoms. The molecule has 1 amide bonds. The quantitative estimate of drug-likeness (QED) is 0.790. The molecule has 1 aromatic carbocycles. The Morgan fingerprint density at radius 3 is 2.43 bits per heavy atom. The second-order valence-corrected chi connectivity index (χ2v) is 7.53. The molecule has 1 fully saturated rings. The molecule has 0 aliphatic heterocycles. The van der Waals surface area contributed by atoms with Crippen molar-refractivity contribution in [3.05, 3.63) is 54.1 Å². The largest absolute Gasteiger partial charge is 0.425 e. The van der Waals surface area contributed by atoms with Crippen LogP contribution >= 0.6 is 0 Å². The van der Waals surface area contributed by atoms with Crippen molar-refractivity contribution in [3.63, 3.8) is 0 Å². The van der Waals surface area contributed by atoms with Crippen molar-refractivity contribution in [2.24, 2.45) is 7.05 Å². The summed E-state index contributed by atoms with van der Waals surface area (Å²) in [7, 11) is 1.35. The first-order chi connectivity index (χ1) is 13.2. The molecule has 28 heavy (non-hydrogen) atoms. The van der Waals surface area contributed by atoms with Gasteiger partial charge < -0.3 is 15.0 Å². The van der Waals surface area contributed by atoms with Gasteiger partial charge in [0.15, 0.2) is 5.82 Å². The summed E-state index contributed by atoms with van der Waals surface area (Å²) in [6, 6.07) is 9.71. The van der Waals surface area contributed by atoms with E-state index >= 15 is 0 Å². The van der Waals surface area contributed by atoms with Gasteiger partial charge in [0.1, 0.15) is 0 Å². The summed E-state index contributed by atoms with van der Waals surface area (Å²) in [5, 5.41) is 13.0. The molecule has 2 aromatic rings. The summed E-state index contributed by atoms with van der Waals surface area (Å²) in [6.45, 7) is 0.240. The Labute approximate surface area is 161 Å². The second-order valence-electron chi connectivity index (χ2n) is 7.53. The fourth-order valence-electron chi connectivity index (χ4n) is 4.04. The number of carbonyl (C=O) groups is 1. The summed E-state index contributed by atoms with van der Waals surface area (Å²) >= 11 is 0. The van der Waals surface area contributed by atoms with Crippen LogP contribution in [-0.2, 0) is 22.9 Å². The number of imidazole rings is 1. The van der Waals surface area contributed by atoms with Crippen LogP contribution < -0.4 is 5.32 Å². The van der Waals surface area contributed by atoms with E-state index in [0.717, 1.165) is 42.0 Å². The summed E-state index contributed by atoms with van der Waals surface area (Å²) in [6.07, 6.45) is 0.0232. The van der Waals surface area contributed by atoms with Gasteiger partial charge in [0, 0.05) is 31.4 Å². The molecule has 1 atom stereocenters. The van der Waals surface area contributed by atoms with Crippen LogP contribution in [0.1, 0.15) is 43.5 Å². The molecular formula is C20H24F3N3O2. The van der Waals surface area contributed by atoms with E-state index in [1.54, 1.807) is 0 Å². The molecule has 0 bridgehead atoms. The Balaban J connectivity index is 1.76. The number of amides is 1. The molecule has 1 aromatic heterocycles. The standard InChI is InChI=1S/C20H24F3N3O2/c1-26-12-11-24-17(26)19(28,20(21,22)23)13-16(27)25-14-18(9-5-6-10-18)15-7-3-2-4-8-15/h2-4,7-8,11-12,28H,5-6,9-10,13-14H2,1H3,(H,25,27). The number of aryl methyl sites for hydroxylation is 1. The second kappa shape index (κ2) is 7.58. The topological polar surface area (TPSA) is 67.1 Å². The Morgan fingerprint density at radius 2 is 1.89 bits per heavy atom. The predicted molar refractivity (Wildman–Crippen MR) is 97.4 cm³/mol. The minimum Gasteiger partial charge on any atom is -0.374 e. The number of alkyl halides is 3. The number of benzene rings is 1. The van der Waals surface area contributed by atoms with Crippen molar-refractivity contribution in [3.8, 4) is 0 Å².